The van der Waals surface area contributed by atoms with Gasteiger partial charge >= 0.3 is 12.1 Å². The molecule has 5 nitrogen and oxygen atoms in total. The van der Waals surface area contributed by atoms with Crippen molar-refractivity contribution in [2.75, 3.05) is 5.32 Å². The maximum atomic E-state index is 13.5. The SMILES string of the molecule is Cc1cc(F)c(C(=O)O)cc1NC(=O)OCc1ccccc1. The predicted molar refractivity (Wildman–Crippen MR) is 78.3 cm³/mol. The van der Waals surface area contributed by atoms with Crippen molar-refractivity contribution in [3.8, 4) is 0 Å². The Hall–Kier alpha value is -2.89. The second-order valence-electron chi connectivity index (χ2n) is 4.64. The Morgan fingerprint density at radius 2 is 1.91 bits per heavy atom. The third kappa shape index (κ3) is 3.82. The molecule has 0 heterocycles. The van der Waals surface area contributed by atoms with Gasteiger partial charge in [0.05, 0.1) is 5.56 Å². The van der Waals surface area contributed by atoms with Crippen molar-refractivity contribution in [1.29, 1.82) is 0 Å². The maximum Gasteiger partial charge on any atom is 0.411 e. The number of benzene rings is 2. The van der Waals surface area contributed by atoms with Gasteiger partial charge in [-0.2, -0.15) is 0 Å². The number of hydrogen-bond donors (Lipinski definition) is 2. The fraction of sp³-hybridized carbons (Fsp3) is 0.125. The molecule has 22 heavy (non-hydrogen) atoms. The summed E-state index contributed by atoms with van der Waals surface area (Å²) in [6.45, 7) is 1.64. The van der Waals surface area contributed by atoms with Crippen molar-refractivity contribution in [2.45, 2.75) is 13.5 Å². The first kappa shape index (κ1) is 15.5. The number of carbonyl (C=O) groups is 2. The van der Waals surface area contributed by atoms with Gasteiger partial charge in [0.1, 0.15) is 12.4 Å². The molecular formula is C16H14FNO4. The molecule has 0 radical (unpaired) electrons. The van der Waals surface area contributed by atoms with Crippen molar-refractivity contribution in [3.63, 3.8) is 0 Å². The zero-order valence-corrected chi connectivity index (χ0v) is 11.8. The minimum Gasteiger partial charge on any atom is -0.478 e. The summed E-state index contributed by atoms with van der Waals surface area (Å²) in [5.41, 5.74) is 0.902. The van der Waals surface area contributed by atoms with Gasteiger partial charge in [0, 0.05) is 5.69 Å². The van der Waals surface area contributed by atoms with Crippen LogP contribution in [0.15, 0.2) is 42.5 Å². The van der Waals surface area contributed by atoms with Crippen LogP contribution in [-0.2, 0) is 11.3 Å². The van der Waals surface area contributed by atoms with E-state index in [1.165, 1.54) is 0 Å². The lowest BCUT2D eigenvalue weighted by atomic mass is 10.1. The number of halogens is 1. The smallest absolute Gasteiger partial charge is 0.411 e. The molecule has 0 saturated heterocycles. The normalized spacial score (nSPS) is 10.1. The average Bonchev–Trinajstić information content (AvgIpc) is 2.48. The molecule has 0 aromatic heterocycles. The van der Waals surface area contributed by atoms with E-state index in [0.29, 0.717) is 5.56 Å². The first-order valence-electron chi connectivity index (χ1n) is 6.48. The minimum atomic E-state index is -1.40. The zero-order chi connectivity index (χ0) is 16.1. The Bertz CT molecular complexity index is 701. The molecule has 114 valence electrons. The largest absolute Gasteiger partial charge is 0.478 e. The number of carboxylic acids is 1. The molecule has 2 aromatic rings. The molecule has 0 atom stereocenters. The number of aromatic carboxylic acids is 1. The van der Waals surface area contributed by atoms with E-state index < -0.39 is 23.4 Å². The van der Waals surface area contributed by atoms with E-state index >= 15 is 0 Å². The van der Waals surface area contributed by atoms with Gasteiger partial charge in [0.25, 0.3) is 0 Å². The third-order valence-corrected chi connectivity index (χ3v) is 2.99. The lowest BCUT2D eigenvalue weighted by Crippen LogP contribution is -2.15. The molecule has 2 aromatic carbocycles. The van der Waals surface area contributed by atoms with Gasteiger partial charge < -0.3 is 9.84 Å². The number of carbonyl (C=O) groups excluding carboxylic acids is 1. The van der Waals surface area contributed by atoms with Gasteiger partial charge in [-0.15, -0.1) is 0 Å². The second kappa shape index (κ2) is 6.71. The number of anilines is 1. The van der Waals surface area contributed by atoms with Crippen molar-refractivity contribution >= 4 is 17.7 Å². The molecule has 2 rings (SSSR count). The van der Waals surface area contributed by atoms with E-state index in [4.69, 9.17) is 9.84 Å². The Balaban J connectivity index is 2.05. The summed E-state index contributed by atoms with van der Waals surface area (Å²) in [5.74, 6) is -2.26. The van der Waals surface area contributed by atoms with E-state index in [-0.39, 0.29) is 12.3 Å². The summed E-state index contributed by atoms with van der Waals surface area (Å²) in [7, 11) is 0. The number of rotatable bonds is 4. The van der Waals surface area contributed by atoms with Crippen molar-refractivity contribution in [2.24, 2.45) is 0 Å². The molecule has 0 spiro atoms. The van der Waals surface area contributed by atoms with Crippen LogP contribution in [0, 0.1) is 12.7 Å². The Morgan fingerprint density at radius 3 is 2.55 bits per heavy atom. The Kier molecular flexibility index (Phi) is 4.73. The molecule has 0 fully saturated rings. The number of carboxylic acid groups (broad SMARTS) is 1. The standard InChI is InChI=1S/C16H14FNO4/c1-10-7-13(17)12(15(19)20)8-14(10)18-16(21)22-9-11-5-3-2-4-6-11/h2-8H,9H2,1H3,(H,18,21)(H,19,20). The summed E-state index contributed by atoms with van der Waals surface area (Å²) in [6.07, 6.45) is -0.741. The highest BCUT2D eigenvalue weighted by molar-refractivity contribution is 5.92. The Labute approximate surface area is 126 Å². The van der Waals surface area contributed by atoms with Crippen molar-refractivity contribution < 1.29 is 23.8 Å². The average molecular weight is 303 g/mol. The summed E-state index contributed by atoms with van der Waals surface area (Å²) >= 11 is 0. The molecule has 1 amide bonds. The van der Waals surface area contributed by atoms with E-state index in [1.54, 1.807) is 19.1 Å². The topological polar surface area (TPSA) is 75.6 Å². The molecule has 0 aliphatic carbocycles. The molecule has 0 aliphatic rings. The van der Waals surface area contributed by atoms with Crippen molar-refractivity contribution in [1.82, 2.24) is 0 Å². The fourth-order valence-electron chi connectivity index (χ4n) is 1.84. The van der Waals surface area contributed by atoms with Crippen LogP contribution in [0.25, 0.3) is 0 Å². The first-order valence-corrected chi connectivity index (χ1v) is 6.48. The molecular weight excluding hydrogens is 289 g/mol. The molecule has 0 saturated carbocycles. The van der Waals surface area contributed by atoms with E-state index in [2.05, 4.69) is 5.32 Å². The van der Waals surface area contributed by atoms with E-state index in [0.717, 1.165) is 17.7 Å². The van der Waals surface area contributed by atoms with Gasteiger partial charge in [0.2, 0.25) is 0 Å². The van der Waals surface area contributed by atoms with Gasteiger partial charge in [-0.05, 0) is 30.2 Å². The van der Waals surface area contributed by atoms with Gasteiger partial charge in [0.15, 0.2) is 0 Å². The molecule has 6 heteroatoms. The van der Waals surface area contributed by atoms with Crippen LogP contribution in [0.2, 0.25) is 0 Å². The second-order valence-corrected chi connectivity index (χ2v) is 4.64. The first-order chi connectivity index (χ1) is 10.5. The van der Waals surface area contributed by atoms with Crippen LogP contribution in [-0.4, -0.2) is 17.2 Å². The quantitative estimate of drug-likeness (QED) is 0.905. The lowest BCUT2D eigenvalue weighted by molar-refractivity contribution is 0.0691. The molecule has 0 bridgehead atoms. The van der Waals surface area contributed by atoms with Crippen LogP contribution in [0.1, 0.15) is 21.5 Å². The van der Waals surface area contributed by atoms with Crippen LogP contribution in [0.5, 0.6) is 0 Å². The number of ether oxygens (including phenoxy) is 1. The monoisotopic (exact) mass is 303 g/mol. The minimum absolute atomic E-state index is 0.0820. The summed E-state index contributed by atoms with van der Waals surface area (Å²) < 4.78 is 18.5. The van der Waals surface area contributed by atoms with E-state index in [9.17, 15) is 14.0 Å². The highest BCUT2D eigenvalue weighted by atomic mass is 19.1. The van der Waals surface area contributed by atoms with Crippen molar-refractivity contribution in [3.05, 3.63) is 65.0 Å². The van der Waals surface area contributed by atoms with Crippen LogP contribution in [0.3, 0.4) is 0 Å². The van der Waals surface area contributed by atoms with Crippen LogP contribution < -0.4 is 5.32 Å². The molecule has 2 N–H and O–H groups in total. The highest BCUT2D eigenvalue weighted by Gasteiger charge is 2.15. The van der Waals surface area contributed by atoms with Crippen LogP contribution >= 0.6 is 0 Å². The van der Waals surface area contributed by atoms with Gasteiger partial charge in [-0.3, -0.25) is 5.32 Å². The summed E-state index contributed by atoms with van der Waals surface area (Å²) in [4.78, 5) is 22.6. The number of aryl methyl sites for hydroxylation is 1. The van der Waals surface area contributed by atoms with Gasteiger partial charge in [-0.25, -0.2) is 14.0 Å². The predicted octanol–water partition coefficient (Wildman–Crippen LogP) is 3.58. The number of hydrogen-bond acceptors (Lipinski definition) is 3. The Morgan fingerprint density at radius 1 is 1.23 bits per heavy atom. The van der Waals surface area contributed by atoms with Crippen LogP contribution in [0.4, 0.5) is 14.9 Å². The third-order valence-electron chi connectivity index (χ3n) is 2.99. The molecule has 0 aliphatic heterocycles. The van der Waals surface area contributed by atoms with E-state index in [1.807, 2.05) is 18.2 Å². The highest BCUT2D eigenvalue weighted by Crippen LogP contribution is 2.20. The fourth-order valence-corrected chi connectivity index (χ4v) is 1.84. The number of nitrogens with one attached hydrogen (secondary N) is 1. The lowest BCUT2D eigenvalue weighted by Gasteiger charge is -2.10. The summed E-state index contributed by atoms with van der Waals surface area (Å²) in [6, 6.07) is 11.2. The van der Waals surface area contributed by atoms with Gasteiger partial charge in [-0.1, -0.05) is 30.3 Å². The maximum absolute atomic E-state index is 13.5. The summed E-state index contributed by atoms with van der Waals surface area (Å²) in [5, 5.41) is 11.3. The number of amides is 1. The molecule has 0 unspecified atom stereocenters. The zero-order valence-electron chi connectivity index (χ0n) is 11.8.